The van der Waals surface area contributed by atoms with Crippen LogP contribution in [-0.2, 0) is 10.0 Å². The third-order valence-electron chi connectivity index (χ3n) is 4.56. The summed E-state index contributed by atoms with van der Waals surface area (Å²) in [6.07, 6.45) is 0. The predicted octanol–water partition coefficient (Wildman–Crippen LogP) is 3.10. The number of para-hydroxylation sites is 1. The van der Waals surface area contributed by atoms with Crippen LogP contribution in [0, 0.1) is 20.8 Å². The Balaban J connectivity index is 1.71. The molecule has 0 spiro atoms. The van der Waals surface area contributed by atoms with Gasteiger partial charge in [-0.25, -0.2) is 13.4 Å². The van der Waals surface area contributed by atoms with E-state index in [4.69, 9.17) is 4.52 Å². The molecular weight excluding hydrogens is 392 g/mol. The molecule has 29 heavy (non-hydrogen) atoms. The summed E-state index contributed by atoms with van der Waals surface area (Å²) in [6.45, 7) is 4.86. The first-order valence-corrected chi connectivity index (χ1v) is 10.3. The summed E-state index contributed by atoms with van der Waals surface area (Å²) >= 11 is 0. The lowest BCUT2D eigenvalue weighted by Gasteiger charge is -2.12. The van der Waals surface area contributed by atoms with Crippen molar-refractivity contribution < 1.29 is 12.9 Å². The van der Waals surface area contributed by atoms with Gasteiger partial charge in [-0.2, -0.15) is 0 Å². The molecule has 4 aromatic rings. The van der Waals surface area contributed by atoms with Gasteiger partial charge in [0, 0.05) is 5.69 Å². The van der Waals surface area contributed by atoms with Crippen molar-refractivity contribution in [2.24, 2.45) is 0 Å². The van der Waals surface area contributed by atoms with E-state index in [2.05, 4.69) is 14.9 Å². The minimum atomic E-state index is -3.84. The van der Waals surface area contributed by atoms with Crippen molar-refractivity contribution in [1.82, 2.24) is 14.7 Å². The highest BCUT2D eigenvalue weighted by molar-refractivity contribution is 7.92. The molecule has 8 nitrogen and oxygen atoms in total. The first-order chi connectivity index (χ1) is 13.8. The van der Waals surface area contributed by atoms with Crippen LogP contribution >= 0.6 is 0 Å². The second-order valence-corrected chi connectivity index (χ2v) is 8.24. The van der Waals surface area contributed by atoms with Crippen LogP contribution < -0.4 is 10.3 Å². The van der Waals surface area contributed by atoms with Gasteiger partial charge in [-0.1, -0.05) is 17.3 Å². The van der Waals surface area contributed by atoms with Crippen molar-refractivity contribution >= 4 is 26.6 Å². The number of aryl methyl sites for hydroxylation is 3. The molecule has 0 atom stereocenters. The van der Waals surface area contributed by atoms with E-state index in [1.807, 2.05) is 6.07 Å². The number of anilines is 1. The molecule has 0 fully saturated rings. The fourth-order valence-electron chi connectivity index (χ4n) is 3.29. The van der Waals surface area contributed by atoms with Gasteiger partial charge in [0.05, 0.1) is 16.6 Å². The highest BCUT2D eigenvalue weighted by Crippen LogP contribution is 2.23. The number of nitrogens with one attached hydrogen (secondary N) is 1. The average molecular weight is 410 g/mol. The molecule has 148 valence electrons. The Morgan fingerprint density at radius 3 is 2.34 bits per heavy atom. The van der Waals surface area contributed by atoms with Crippen molar-refractivity contribution in [3.8, 4) is 5.69 Å². The highest BCUT2D eigenvalue weighted by Gasteiger charge is 2.24. The highest BCUT2D eigenvalue weighted by atomic mass is 32.2. The minimum Gasteiger partial charge on any atom is -0.360 e. The van der Waals surface area contributed by atoms with E-state index in [0.717, 1.165) is 0 Å². The molecule has 0 unspecified atom stereocenters. The minimum absolute atomic E-state index is 0.0207. The number of rotatable bonds is 4. The SMILES string of the molecule is Cc1noc(C)c1S(=O)(=O)Nc1ccc(-n2c(C)nc3ccccc3c2=O)cc1. The molecule has 0 aliphatic rings. The topological polar surface area (TPSA) is 107 Å². The lowest BCUT2D eigenvalue weighted by atomic mass is 10.2. The van der Waals surface area contributed by atoms with Crippen molar-refractivity contribution in [2.45, 2.75) is 25.7 Å². The van der Waals surface area contributed by atoms with E-state index < -0.39 is 10.0 Å². The molecule has 9 heteroatoms. The van der Waals surface area contributed by atoms with Crippen LogP contribution in [0.1, 0.15) is 17.3 Å². The smallest absolute Gasteiger partial charge is 0.267 e. The van der Waals surface area contributed by atoms with E-state index in [1.165, 1.54) is 4.57 Å². The molecule has 2 aromatic heterocycles. The molecule has 4 rings (SSSR count). The number of sulfonamides is 1. The maximum atomic E-state index is 12.9. The van der Waals surface area contributed by atoms with Gasteiger partial charge in [0.15, 0.2) is 10.7 Å². The van der Waals surface area contributed by atoms with Crippen LogP contribution in [0.5, 0.6) is 0 Å². The molecule has 0 bridgehead atoms. The zero-order valence-electron chi connectivity index (χ0n) is 16.0. The summed E-state index contributed by atoms with van der Waals surface area (Å²) in [5.74, 6) is 0.758. The van der Waals surface area contributed by atoms with Gasteiger partial charge in [0.25, 0.3) is 15.6 Å². The average Bonchev–Trinajstić information content (AvgIpc) is 3.02. The Hall–Kier alpha value is -3.46. The Morgan fingerprint density at radius 1 is 1.00 bits per heavy atom. The van der Waals surface area contributed by atoms with Crippen molar-refractivity contribution in [3.63, 3.8) is 0 Å². The lowest BCUT2D eigenvalue weighted by molar-refractivity contribution is 0.390. The van der Waals surface area contributed by atoms with Crippen LogP contribution in [0.3, 0.4) is 0 Å². The van der Waals surface area contributed by atoms with E-state index in [1.54, 1.807) is 63.2 Å². The molecule has 1 N–H and O–H groups in total. The van der Waals surface area contributed by atoms with Gasteiger partial charge in [0.1, 0.15) is 11.5 Å². The quantitative estimate of drug-likeness (QED) is 0.554. The zero-order chi connectivity index (χ0) is 20.8. The Morgan fingerprint density at radius 2 is 1.69 bits per heavy atom. The van der Waals surface area contributed by atoms with Gasteiger partial charge in [-0.15, -0.1) is 0 Å². The van der Waals surface area contributed by atoms with Gasteiger partial charge in [-0.3, -0.25) is 14.1 Å². The second kappa shape index (κ2) is 6.85. The normalized spacial score (nSPS) is 11.7. The summed E-state index contributed by atoms with van der Waals surface area (Å²) in [7, 11) is -3.84. The number of nitrogens with zero attached hydrogens (tertiary/aromatic N) is 3. The van der Waals surface area contributed by atoms with Crippen molar-refractivity contribution in [2.75, 3.05) is 4.72 Å². The largest absolute Gasteiger partial charge is 0.360 e. The van der Waals surface area contributed by atoms with Crippen LogP contribution in [0.4, 0.5) is 5.69 Å². The van der Waals surface area contributed by atoms with Crippen LogP contribution in [-0.4, -0.2) is 23.1 Å². The first kappa shape index (κ1) is 18.9. The summed E-state index contributed by atoms with van der Waals surface area (Å²) in [5.41, 5.74) is 1.68. The maximum Gasteiger partial charge on any atom is 0.267 e. The van der Waals surface area contributed by atoms with E-state index >= 15 is 0 Å². The Bertz CT molecular complexity index is 1370. The molecule has 0 aliphatic heterocycles. The first-order valence-electron chi connectivity index (χ1n) is 8.82. The molecular formula is C20H18N4O4S. The second-order valence-electron chi connectivity index (χ2n) is 6.62. The summed E-state index contributed by atoms with van der Waals surface area (Å²) in [5, 5.41) is 4.20. The fraction of sp³-hybridized carbons (Fsp3) is 0.150. The lowest BCUT2D eigenvalue weighted by Crippen LogP contribution is -2.22. The predicted molar refractivity (Wildman–Crippen MR) is 109 cm³/mol. The fourth-order valence-corrected chi connectivity index (χ4v) is 4.68. The van der Waals surface area contributed by atoms with E-state index in [-0.39, 0.29) is 21.9 Å². The number of hydrogen-bond acceptors (Lipinski definition) is 6. The molecule has 0 saturated carbocycles. The molecule has 0 aliphatic carbocycles. The van der Waals surface area contributed by atoms with Crippen LogP contribution in [0.25, 0.3) is 16.6 Å². The monoisotopic (exact) mass is 410 g/mol. The Labute approximate surface area is 166 Å². The van der Waals surface area contributed by atoms with Gasteiger partial charge in [-0.05, 0) is 57.2 Å². The molecule has 2 aromatic carbocycles. The summed E-state index contributed by atoms with van der Waals surface area (Å²) < 4.78 is 34.2. The van der Waals surface area contributed by atoms with Crippen molar-refractivity contribution in [1.29, 1.82) is 0 Å². The van der Waals surface area contributed by atoms with E-state index in [0.29, 0.717) is 28.1 Å². The molecule has 0 saturated heterocycles. The standard InChI is InChI=1S/C20H18N4O4S/c1-12-19(13(2)28-22-12)29(26,27)23-15-8-10-16(11-9-15)24-14(3)21-18-7-5-4-6-17(18)20(24)25/h4-11,23H,1-3H3. The van der Waals surface area contributed by atoms with Gasteiger partial charge >= 0.3 is 0 Å². The summed E-state index contributed by atoms with van der Waals surface area (Å²) in [6, 6.07) is 13.6. The number of hydrogen-bond donors (Lipinski definition) is 1. The van der Waals surface area contributed by atoms with Crippen molar-refractivity contribution in [3.05, 3.63) is 76.2 Å². The van der Waals surface area contributed by atoms with Crippen LogP contribution in [0.15, 0.2) is 62.7 Å². The molecule has 0 radical (unpaired) electrons. The van der Waals surface area contributed by atoms with Gasteiger partial charge < -0.3 is 4.52 Å². The molecule has 0 amide bonds. The maximum absolute atomic E-state index is 12.9. The number of aromatic nitrogens is 3. The zero-order valence-corrected chi connectivity index (χ0v) is 16.8. The third-order valence-corrected chi connectivity index (χ3v) is 6.18. The number of fused-ring (bicyclic) bond motifs is 1. The third kappa shape index (κ3) is 3.29. The Kier molecular flexibility index (Phi) is 4.46. The molecule has 2 heterocycles. The summed E-state index contributed by atoms with van der Waals surface area (Å²) in [4.78, 5) is 17.4. The van der Waals surface area contributed by atoms with E-state index in [9.17, 15) is 13.2 Å². The van der Waals surface area contributed by atoms with Gasteiger partial charge in [0.2, 0.25) is 0 Å². The van der Waals surface area contributed by atoms with Crippen LogP contribution in [0.2, 0.25) is 0 Å². The number of benzene rings is 2.